The van der Waals surface area contributed by atoms with Gasteiger partial charge in [0.2, 0.25) is 0 Å². The summed E-state index contributed by atoms with van der Waals surface area (Å²) < 4.78 is 13.7. The number of carbonyl (C=O) groups is 2. The van der Waals surface area contributed by atoms with E-state index in [2.05, 4.69) is 5.32 Å². The Labute approximate surface area is 135 Å². The third-order valence-electron chi connectivity index (χ3n) is 3.66. The second-order valence-electron chi connectivity index (χ2n) is 5.16. The summed E-state index contributed by atoms with van der Waals surface area (Å²) in [6.45, 7) is 2.24. The molecular formula is C14H16FIN2O3. The standard InChI is InChI=1S/C14H16FIN2O3/c1-8-6-9(13(19)20)4-5-18(8)14(21)17-12-3-2-10(15)7-11(12)16/h2-3,7-9H,4-6H2,1H3,(H,17,21)(H,19,20). The number of aliphatic carboxylic acids is 1. The van der Waals surface area contributed by atoms with Crippen molar-refractivity contribution in [1.82, 2.24) is 4.90 Å². The van der Waals surface area contributed by atoms with Crippen LogP contribution in [0.5, 0.6) is 0 Å². The number of anilines is 1. The van der Waals surface area contributed by atoms with Gasteiger partial charge in [-0.2, -0.15) is 0 Å². The highest BCUT2D eigenvalue weighted by molar-refractivity contribution is 14.1. The number of amides is 2. The fourth-order valence-corrected chi connectivity index (χ4v) is 3.09. The molecule has 2 N–H and O–H groups in total. The van der Waals surface area contributed by atoms with Crippen molar-refractivity contribution in [2.45, 2.75) is 25.8 Å². The third-order valence-corrected chi connectivity index (χ3v) is 4.55. The maximum absolute atomic E-state index is 13.0. The van der Waals surface area contributed by atoms with Crippen molar-refractivity contribution in [2.24, 2.45) is 5.92 Å². The number of carboxylic acids is 1. The van der Waals surface area contributed by atoms with Crippen molar-refractivity contribution >= 4 is 40.3 Å². The number of rotatable bonds is 2. The van der Waals surface area contributed by atoms with Gasteiger partial charge < -0.3 is 15.3 Å². The van der Waals surface area contributed by atoms with Crippen LogP contribution in [-0.2, 0) is 4.79 Å². The molecule has 0 aliphatic carbocycles. The van der Waals surface area contributed by atoms with Crippen LogP contribution in [0.3, 0.4) is 0 Å². The highest BCUT2D eigenvalue weighted by atomic mass is 127. The van der Waals surface area contributed by atoms with E-state index in [1.807, 2.05) is 29.5 Å². The Balaban J connectivity index is 2.02. The molecule has 21 heavy (non-hydrogen) atoms. The lowest BCUT2D eigenvalue weighted by atomic mass is 9.92. The second kappa shape index (κ2) is 6.59. The molecular weight excluding hydrogens is 390 g/mol. The van der Waals surface area contributed by atoms with Crippen LogP contribution in [-0.4, -0.2) is 34.6 Å². The lowest BCUT2D eigenvalue weighted by Crippen LogP contribution is -2.47. The maximum atomic E-state index is 13.0. The van der Waals surface area contributed by atoms with Gasteiger partial charge in [-0.1, -0.05) is 0 Å². The molecule has 1 aromatic rings. The van der Waals surface area contributed by atoms with Crippen LogP contribution in [0.2, 0.25) is 0 Å². The van der Waals surface area contributed by atoms with Crippen LogP contribution in [0.15, 0.2) is 18.2 Å². The molecule has 7 heteroatoms. The Hall–Kier alpha value is -1.38. The molecule has 1 saturated heterocycles. The fourth-order valence-electron chi connectivity index (χ4n) is 2.48. The monoisotopic (exact) mass is 406 g/mol. The van der Waals surface area contributed by atoms with Gasteiger partial charge in [0.1, 0.15) is 5.82 Å². The van der Waals surface area contributed by atoms with Gasteiger partial charge in [0.05, 0.1) is 11.6 Å². The molecule has 1 fully saturated rings. The summed E-state index contributed by atoms with van der Waals surface area (Å²) >= 11 is 1.96. The molecule has 2 rings (SSSR count). The number of urea groups is 1. The number of halogens is 2. The molecule has 2 amide bonds. The van der Waals surface area contributed by atoms with E-state index in [0.717, 1.165) is 0 Å². The molecule has 1 aliphatic rings. The van der Waals surface area contributed by atoms with E-state index in [0.29, 0.717) is 28.6 Å². The van der Waals surface area contributed by atoms with Gasteiger partial charge in [0, 0.05) is 16.2 Å². The number of carbonyl (C=O) groups excluding carboxylic acids is 1. The van der Waals surface area contributed by atoms with Crippen LogP contribution in [0.4, 0.5) is 14.9 Å². The smallest absolute Gasteiger partial charge is 0.322 e. The minimum atomic E-state index is -0.810. The SMILES string of the molecule is CC1CC(C(=O)O)CCN1C(=O)Nc1ccc(F)cc1I. The average molecular weight is 406 g/mol. The quantitative estimate of drug-likeness (QED) is 0.742. The second-order valence-corrected chi connectivity index (χ2v) is 6.32. The highest BCUT2D eigenvalue weighted by Crippen LogP contribution is 2.25. The summed E-state index contributed by atoms with van der Waals surface area (Å²) in [5.74, 6) is -1.56. The summed E-state index contributed by atoms with van der Waals surface area (Å²) in [6, 6.07) is 3.73. The van der Waals surface area contributed by atoms with Gasteiger partial charge >= 0.3 is 12.0 Å². The van der Waals surface area contributed by atoms with Crippen molar-refractivity contribution < 1.29 is 19.1 Å². The first kappa shape index (κ1) is 16.0. The first-order chi connectivity index (χ1) is 9.88. The van der Waals surface area contributed by atoms with Gasteiger partial charge in [-0.3, -0.25) is 4.79 Å². The molecule has 0 aromatic heterocycles. The molecule has 1 aliphatic heterocycles. The average Bonchev–Trinajstić information content (AvgIpc) is 2.41. The largest absolute Gasteiger partial charge is 0.481 e. The Kier molecular flexibility index (Phi) is 5.02. The number of nitrogens with one attached hydrogen (secondary N) is 1. The molecule has 0 saturated carbocycles. The van der Waals surface area contributed by atoms with Gasteiger partial charge in [-0.25, -0.2) is 9.18 Å². The third kappa shape index (κ3) is 3.84. The number of piperidine rings is 1. The number of likely N-dealkylation sites (tertiary alicyclic amines) is 1. The lowest BCUT2D eigenvalue weighted by Gasteiger charge is -2.36. The molecule has 2 unspecified atom stereocenters. The number of benzene rings is 1. The minimum Gasteiger partial charge on any atom is -0.481 e. The Bertz CT molecular complexity index is 567. The van der Waals surface area contributed by atoms with Gasteiger partial charge in [-0.05, 0) is 60.6 Å². The number of hydrogen-bond acceptors (Lipinski definition) is 2. The zero-order chi connectivity index (χ0) is 15.6. The van der Waals surface area contributed by atoms with E-state index in [-0.39, 0.29) is 17.9 Å². The van der Waals surface area contributed by atoms with Crippen molar-refractivity contribution in [1.29, 1.82) is 0 Å². The number of carboxylic acid groups (broad SMARTS) is 1. The molecule has 1 aromatic carbocycles. The molecule has 5 nitrogen and oxygen atoms in total. The van der Waals surface area contributed by atoms with Crippen LogP contribution in [0, 0.1) is 15.3 Å². The maximum Gasteiger partial charge on any atom is 0.322 e. The zero-order valence-electron chi connectivity index (χ0n) is 11.5. The first-order valence-corrected chi connectivity index (χ1v) is 7.72. The molecule has 0 radical (unpaired) electrons. The topological polar surface area (TPSA) is 69.6 Å². The van der Waals surface area contributed by atoms with E-state index in [1.165, 1.54) is 18.2 Å². The molecule has 0 spiro atoms. The first-order valence-electron chi connectivity index (χ1n) is 6.64. The summed E-state index contributed by atoms with van der Waals surface area (Å²) in [7, 11) is 0. The van der Waals surface area contributed by atoms with E-state index >= 15 is 0 Å². The highest BCUT2D eigenvalue weighted by Gasteiger charge is 2.32. The molecule has 114 valence electrons. The summed E-state index contributed by atoms with van der Waals surface area (Å²) in [6.07, 6.45) is 0.900. The summed E-state index contributed by atoms with van der Waals surface area (Å²) in [4.78, 5) is 24.9. The minimum absolute atomic E-state index is 0.141. The van der Waals surface area contributed by atoms with Crippen LogP contribution >= 0.6 is 22.6 Å². The van der Waals surface area contributed by atoms with Crippen LogP contribution < -0.4 is 5.32 Å². The molecule has 1 heterocycles. The summed E-state index contributed by atoms with van der Waals surface area (Å²) in [5, 5.41) is 11.8. The van der Waals surface area contributed by atoms with Crippen molar-refractivity contribution in [2.75, 3.05) is 11.9 Å². The summed E-state index contributed by atoms with van der Waals surface area (Å²) in [5.41, 5.74) is 0.551. The fraction of sp³-hybridized carbons (Fsp3) is 0.429. The van der Waals surface area contributed by atoms with E-state index < -0.39 is 11.9 Å². The van der Waals surface area contributed by atoms with E-state index in [9.17, 15) is 14.0 Å². The van der Waals surface area contributed by atoms with Gasteiger partial charge in [0.15, 0.2) is 0 Å². The normalized spacial score (nSPS) is 22.0. The predicted molar refractivity (Wildman–Crippen MR) is 84.7 cm³/mol. The van der Waals surface area contributed by atoms with E-state index in [1.54, 1.807) is 4.90 Å². The zero-order valence-corrected chi connectivity index (χ0v) is 13.6. The van der Waals surface area contributed by atoms with Crippen LogP contribution in [0.25, 0.3) is 0 Å². The predicted octanol–water partition coefficient (Wildman–Crippen LogP) is 3.15. The Morgan fingerprint density at radius 1 is 1.48 bits per heavy atom. The van der Waals surface area contributed by atoms with Crippen molar-refractivity contribution in [3.05, 3.63) is 27.6 Å². The molecule has 2 atom stereocenters. The van der Waals surface area contributed by atoms with Crippen molar-refractivity contribution in [3.63, 3.8) is 0 Å². The molecule has 0 bridgehead atoms. The number of nitrogens with zero attached hydrogens (tertiary/aromatic N) is 1. The van der Waals surface area contributed by atoms with Crippen LogP contribution in [0.1, 0.15) is 19.8 Å². The Morgan fingerprint density at radius 2 is 2.19 bits per heavy atom. The lowest BCUT2D eigenvalue weighted by molar-refractivity contribution is -0.143. The number of hydrogen-bond donors (Lipinski definition) is 2. The van der Waals surface area contributed by atoms with Crippen molar-refractivity contribution in [3.8, 4) is 0 Å². The Morgan fingerprint density at radius 3 is 2.76 bits per heavy atom. The van der Waals surface area contributed by atoms with E-state index in [4.69, 9.17) is 5.11 Å². The van der Waals surface area contributed by atoms with Gasteiger partial charge in [0.25, 0.3) is 0 Å². The van der Waals surface area contributed by atoms with Gasteiger partial charge in [-0.15, -0.1) is 0 Å².